The van der Waals surface area contributed by atoms with Gasteiger partial charge in [-0.05, 0) is 24.5 Å². The van der Waals surface area contributed by atoms with Crippen molar-refractivity contribution in [1.82, 2.24) is 0 Å². The van der Waals surface area contributed by atoms with Crippen LogP contribution in [0.25, 0.3) is 0 Å². The minimum atomic E-state index is -0.248. The molecule has 0 amide bonds. The number of hydrogen-bond donors (Lipinski definition) is 0. The Hall–Kier alpha value is -1.05. The SMILES string of the molecule is CC(C)CCOc1cccc(F)c1. The summed E-state index contributed by atoms with van der Waals surface area (Å²) in [5, 5.41) is 0. The van der Waals surface area contributed by atoms with Crippen LogP contribution >= 0.6 is 0 Å². The van der Waals surface area contributed by atoms with E-state index in [2.05, 4.69) is 13.8 Å². The zero-order valence-corrected chi connectivity index (χ0v) is 8.09. The van der Waals surface area contributed by atoms with Crippen molar-refractivity contribution in [3.8, 4) is 5.75 Å². The van der Waals surface area contributed by atoms with Crippen LogP contribution in [0.4, 0.5) is 4.39 Å². The largest absolute Gasteiger partial charge is 0.493 e. The van der Waals surface area contributed by atoms with E-state index in [0.717, 1.165) is 6.42 Å². The van der Waals surface area contributed by atoms with Crippen LogP contribution in [0.15, 0.2) is 24.3 Å². The Morgan fingerprint density at radius 3 is 2.77 bits per heavy atom. The molecule has 0 aromatic heterocycles. The summed E-state index contributed by atoms with van der Waals surface area (Å²) in [5.41, 5.74) is 0. The molecule has 0 atom stereocenters. The Bertz CT molecular complexity index is 258. The summed E-state index contributed by atoms with van der Waals surface area (Å²) in [6.45, 7) is 4.92. The predicted octanol–water partition coefficient (Wildman–Crippen LogP) is 3.25. The van der Waals surface area contributed by atoms with Crippen molar-refractivity contribution >= 4 is 0 Å². The molecule has 1 aromatic carbocycles. The van der Waals surface area contributed by atoms with Crippen LogP contribution in [0, 0.1) is 11.7 Å². The fourth-order valence-corrected chi connectivity index (χ4v) is 0.969. The standard InChI is InChI=1S/C11H15FO/c1-9(2)6-7-13-11-5-3-4-10(12)8-11/h3-5,8-9H,6-7H2,1-2H3. The molecule has 0 aliphatic rings. The van der Waals surface area contributed by atoms with Crippen LogP contribution in [-0.2, 0) is 0 Å². The highest BCUT2D eigenvalue weighted by molar-refractivity contribution is 5.22. The van der Waals surface area contributed by atoms with Crippen molar-refractivity contribution in [2.24, 2.45) is 5.92 Å². The van der Waals surface area contributed by atoms with E-state index in [9.17, 15) is 4.39 Å². The third kappa shape index (κ3) is 3.92. The average Bonchev–Trinajstić information content (AvgIpc) is 2.03. The molecule has 0 saturated heterocycles. The van der Waals surface area contributed by atoms with Crippen LogP contribution in [0.1, 0.15) is 20.3 Å². The van der Waals surface area contributed by atoms with Crippen LogP contribution in [-0.4, -0.2) is 6.61 Å². The van der Waals surface area contributed by atoms with Crippen molar-refractivity contribution in [3.05, 3.63) is 30.1 Å². The zero-order valence-electron chi connectivity index (χ0n) is 8.09. The molecule has 1 nitrogen and oxygen atoms in total. The second-order valence-corrected chi connectivity index (χ2v) is 3.49. The van der Waals surface area contributed by atoms with E-state index >= 15 is 0 Å². The van der Waals surface area contributed by atoms with E-state index < -0.39 is 0 Å². The fourth-order valence-electron chi connectivity index (χ4n) is 0.969. The number of hydrogen-bond acceptors (Lipinski definition) is 1. The molecule has 0 radical (unpaired) electrons. The van der Waals surface area contributed by atoms with Gasteiger partial charge in [0.1, 0.15) is 11.6 Å². The van der Waals surface area contributed by atoms with Gasteiger partial charge in [-0.3, -0.25) is 0 Å². The van der Waals surface area contributed by atoms with E-state index in [1.54, 1.807) is 12.1 Å². The lowest BCUT2D eigenvalue weighted by molar-refractivity contribution is 0.288. The Morgan fingerprint density at radius 2 is 2.15 bits per heavy atom. The molecule has 2 heteroatoms. The summed E-state index contributed by atoms with van der Waals surface area (Å²) in [4.78, 5) is 0. The number of benzene rings is 1. The summed E-state index contributed by atoms with van der Waals surface area (Å²) in [5.74, 6) is 0.983. The maximum Gasteiger partial charge on any atom is 0.126 e. The lowest BCUT2D eigenvalue weighted by Gasteiger charge is -2.07. The Balaban J connectivity index is 2.37. The minimum absolute atomic E-state index is 0.248. The molecule has 1 rings (SSSR count). The quantitative estimate of drug-likeness (QED) is 0.694. The number of rotatable bonds is 4. The van der Waals surface area contributed by atoms with Crippen molar-refractivity contribution in [2.75, 3.05) is 6.61 Å². The van der Waals surface area contributed by atoms with Gasteiger partial charge in [0.05, 0.1) is 6.61 Å². The summed E-state index contributed by atoms with van der Waals surface area (Å²) in [7, 11) is 0. The van der Waals surface area contributed by atoms with Crippen LogP contribution < -0.4 is 4.74 Å². The highest BCUT2D eigenvalue weighted by Crippen LogP contribution is 2.12. The molecule has 0 heterocycles. The summed E-state index contributed by atoms with van der Waals surface area (Å²) in [6, 6.07) is 6.24. The highest BCUT2D eigenvalue weighted by atomic mass is 19.1. The lowest BCUT2D eigenvalue weighted by atomic mass is 10.1. The van der Waals surface area contributed by atoms with Crippen molar-refractivity contribution in [1.29, 1.82) is 0 Å². The van der Waals surface area contributed by atoms with E-state index in [1.807, 2.05) is 0 Å². The van der Waals surface area contributed by atoms with Gasteiger partial charge < -0.3 is 4.74 Å². The molecule has 0 N–H and O–H groups in total. The molecule has 0 unspecified atom stereocenters. The zero-order chi connectivity index (χ0) is 9.68. The van der Waals surface area contributed by atoms with Crippen LogP contribution in [0.2, 0.25) is 0 Å². The molecular weight excluding hydrogens is 167 g/mol. The fraction of sp³-hybridized carbons (Fsp3) is 0.455. The second-order valence-electron chi connectivity index (χ2n) is 3.49. The monoisotopic (exact) mass is 182 g/mol. The van der Waals surface area contributed by atoms with Crippen LogP contribution in [0.5, 0.6) is 5.75 Å². The van der Waals surface area contributed by atoms with Gasteiger partial charge in [-0.2, -0.15) is 0 Å². The minimum Gasteiger partial charge on any atom is -0.493 e. The first-order valence-corrected chi connectivity index (χ1v) is 4.57. The molecule has 0 bridgehead atoms. The number of ether oxygens (including phenoxy) is 1. The number of halogens is 1. The van der Waals surface area contributed by atoms with Crippen LogP contribution in [0.3, 0.4) is 0 Å². The Labute approximate surface area is 78.5 Å². The Morgan fingerprint density at radius 1 is 1.38 bits per heavy atom. The van der Waals surface area contributed by atoms with Gasteiger partial charge in [-0.15, -0.1) is 0 Å². The first-order valence-electron chi connectivity index (χ1n) is 4.57. The molecular formula is C11H15FO. The predicted molar refractivity (Wildman–Crippen MR) is 51.4 cm³/mol. The van der Waals surface area contributed by atoms with E-state index in [0.29, 0.717) is 18.3 Å². The van der Waals surface area contributed by atoms with Gasteiger partial charge >= 0.3 is 0 Å². The normalized spacial score (nSPS) is 10.5. The van der Waals surface area contributed by atoms with E-state index in [-0.39, 0.29) is 5.82 Å². The summed E-state index contributed by atoms with van der Waals surface area (Å²) in [6.07, 6.45) is 0.997. The molecule has 0 fully saturated rings. The van der Waals surface area contributed by atoms with Gasteiger partial charge in [-0.25, -0.2) is 4.39 Å². The van der Waals surface area contributed by atoms with Gasteiger partial charge in [0.15, 0.2) is 0 Å². The topological polar surface area (TPSA) is 9.23 Å². The molecule has 0 spiro atoms. The third-order valence-corrected chi connectivity index (χ3v) is 1.76. The molecule has 1 aromatic rings. The van der Waals surface area contributed by atoms with Gasteiger partial charge in [-0.1, -0.05) is 19.9 Å². The lowest BCUT2D eigenvalue weighted by Crippen LogP contribution is -2.01. The van der Waals surface area contributed by atoms with Gasteiger partial charge in [0.2, 0.25) is 0 Å². The first-order chi connectivity index (χ1) is 6.18. The molecule has 13 heavy (non-hydrogen) atoms. The molecule has 0 saturated carbocycles. The van der Waals surface area contributed by atoms with Crippen molar-refractivity contribution < 1.29 is 9.13 Å². The summed E-state index contributed by atoms with van der Waals surface area (Å²) >= 11 is 0. The van der Waals surface area contributed by atoms with Gasteiger partial charge in [0.25, 0.3) is 0 Å². The van der Waals surface area contributed by atoms with E-state index in [4.69, 9.17) is 4.74 Å². The van der Waals surface area contributed by atoms with Gasteiger partial charge in [0, 0.05) is 6.07 Å². The average molecular weight is 182 g/mol. The summed E-state index contributed by atoms with van der Waals surface area (Å²) < 4.78 is 18.0. The van der Waals surface area contributed by atoms with Crippen molar-refractivity contribution in [2.45, 2.75) is 20.3 Å². The Kier molecular flexibility index (Phi) is 3.74. The third-order valence-electron chi connectivity index (χ3n) is 1.76. The highest BCUT2D eigenvalue weighted by Gasteiger charge is 1.97. The smallest absolute Gasteiger partial charge is 0.126 e. The molecule has 0 aliphatic heterocycles. The van der Waals surface area contributed by atoms with Crippen molar-refractivity contribution in [3.63, 3.8) is 0 Å². The second kappa shape index (κ2) is 4.85. The molecule has 0 aliphatic carbocycles. The first kappa shape index (κ1) is 10.0. The molecule has 72 valence electrons. The van der Waals surface area contributed by atoms with E-state index in [1.165, 1.54) is 12.1 Å². The maximum atomic E-state index is 12.7. The maximum absolute atomic E-state index is 12.7.